The minimum Gasteiger partial charge on any atom is -0.355 e. The van der Waals surface area contributed by atoms with Crippen LogP contribution < -0.4 is 10.6 Å². The van der Waals surface area contributed by atoms with E-state index in [-0.39, 0.29) is 22.9 Å². The van der Waals surface area contributed by atoms with Crippen LogP contribution in [0.15, 0.2) is 12.1 Å². The first-order valence-corrected chi connectivity index (χ1v) is 7.24. The molecule has 6 heteroatoms. The number of hydrogen-bond acceptors (Lipinski definition) is 2. The summed E-state index contributed by atoms with van der Waals surface area (Å²) in [5.74, 6) is -0.534. The summed E-state index contributed by atoms with van der Waals surface area (Å²) >= 11 is 12.0. The fraction of sp³-hybridized carbons (Fsp3) is 0.500. The predicted octanol–water partition coefficient (Wildman–Crippen LogP) is 3.56. The maximum absolute atomic E-state index is 13.4. The molecule has 1 aromatic rings. The molecule has 0 saturated heterocycles. The Morgan fingerprint density at radius 2 is 1.90 bits per heavy atom. The number of carbonyl (C=O) groups excluding carboxylic acids is 1. The summed E-state index contributed by atoms with van der Waals surface area (Å²) in [7, 11) is 0. The third kappa shape index (κ3) is 4.62. The average Bonchev–Trinajstić information content (AvgIpc) is 2.39. The van der Waals surface area contributed by atoms with Crippen LogP contribution in [0.2, 0.25) is 10.0 Å². The maximum Gasteiger partial charge on any atom is 0.222 e. The fourth-order valence-corrected chi connectivity index (χ4v) is 2.42. The van der Waals surface area contributed by atoms with Gasteiger partial charge >= 0.3 is 0 Å². The molecule has 0 aliphatic rings. The SMILES string of the molecule is CC(C)C(=O)NCCNC(C)c1c(Cl)ccc(F)c1Cl. The van der Waals surface area contributed by atoms with Crippen LogP contribution in [-0.2, 0) is 4.79 Å². The van der Waals surface area contributed by atoms with E-state index in [9.17, 15) is 9.18 Å². The molecule has 0 heterocycles. The lowest BCUT2D eigenvalue weighted by Gasteiger charge is -2.18. The third-order valence-electron chi connectivity index (χ3n) is 2.91. The van der Waals surface area contributed by atoms with Gasteiger partial charge in [0.2, 0.25) is 5.91 Å². The first-order valence-electron chi connectivity index (χ1n) is 6.49. The molecular weight excluding hydrogens is 302 g/mol. The molecule has 0 aromatic heterocycles. The van der Waals surface area contributed by atoms with E-state index in [0.717, 1.165) is 0 Å². The first kappa shape index (κ1) is 17.2. The molecular formula is C14H19Cl2FN2O. The van der Waals surface area contributed by atoms with E-state index in [1.54, 1.807) is 0 Å². The van der Waals surface area contributed by atoms with Gasteiger partial charge in [-0.05, 0) is 19.1 Å². The van der Waals surface area contributed by atoms with Crippen LogP contribution >= 0.6 is 23.2 Å². The van der Waals surface area contributed by atoms with Crippen LogP contribution in [0, 0.1) is 11.7 Å². The van der Waals surface area contributed by atoms with Crippen molar-refractivity contribution in [3.63, 3.8) is 0 Å². The smallest absolute Gasteiger partial charge is 0.222 e. The second kappa shape index (κ2) is 7.81. The molecule has 0 radical (unpaired) electrons. The summed E-state index contributed by atoms with van der Waals surface area (Å²) in [5, 5.41) is 6.39. The van der Waals surface area contributed by atoms with Crippen molar-refractivity contribution in [2.24, 2.45) is 5.92 Å². The van der Waals surface area contributed by atoms with Crippen LogP contribution in [0.4, 0.5) is 4.39 Å². The number of halogens is 3. The molecule has 3 nitrogen and oxygen atoms in total. The van der Waals surface area contributed by atoms with E-state index in [2.05, 4.69) is 10.6 Å². The third-order valence-corrected chi connectivity index (χ3v) is 3.63. The minimum absolute atomic E-state index is 0.00118. The van der Waals surface area contributed by atoms with Gasteiger partial charge in [-0.25, -0.2) is 4.39 Å². The molecule has 1 aromatic carbocycles. The van der Waals surface area contributed by atoms with Gasteiger partial charge in [0, 0.05) is 35.6 Å². The molecule has 0 bridgehead atoms. The van der Waals surface area contributed by atoms with E-state index in [4.69, 9.17) is 23.2 Å². The number of carbonyl (C=O) groups is 1. The van der Waals surface area contributed by atoms with Gasteiger partial charge in [-0.3, -0.25) is 4.79 Å². The summed E-state index contributed by atoms with van der Waals surface area (Å²) in [4.78, 5) is 11.4. The Balaban J connectivity index is 2.54. The molecule has 20 heavy (non-hydrogen) atoms. The van der Waals surface area contributed by atoms with Crippen molar-refractivity contribution >= 4 is 29.1 Å². The highest BCUT2D eigenvalue weighted by atomic mass is 35.5. The van der Waals surface area contributed by atoms with E-state index in [1.165, 1.54) is 12.1 Å². The molecule has 0 spiro atoms. The van der Waals surface area contributed by atoms with Crippen LogP contribution in [0.25, 0.3) is 0 Å². The van der Waals surface area contributed by atoms with E-state index >= 15 is 0 Å². The van der Waals surface area contributed by atoms with Crippen molar-refractivity contribution in [3.8, 4) is 0 Å². The van der Waals surface area contributed by atoms with Crippen molar-refractivity contribution in [2.75, 3.05) is 13.1 Å². The van der Waals surface area contributed by atoms with Gasteiger partial charge in [-0.1, -0.05) is 37.0 Å². The molecule has 1 atom stereocenters. The summed E-state index contributed by atoms with van der Waals surface area (Å²) < 4.78 is 13.4. The highest BCUT2D eigenvalue weighted by Gasteiger charge is 2.16. The number of benzene rings is 1. The molecule has 2 N–H and O–H groups in total. The number of nitrogens with one attached hydrogen (secondary N) is 2. The summed E-state index contributed by atoms with van der Waals surface area (Å²) in [5.41, 5.74) is 0.531. The minimum atomic E-state index is -0.493. The molecule has 0 fully saturated rings. The largest absolute Gasteiger partial charge is 0.355 e. The summed E-state index contributed by atoms with van der Waals surface area (Å²) in [6.07, 6.45) is 0. The molecule has 1 unspecified atom stereocenters. The number of hydrogen-bond donors (Lipinski definition) is 2. The van der Waals surface area contributed by atoms with Gasteiger partial charge in [0.1, 0.15) is 5.82 Å². The Labute approximate surface area is 128 Å². The van der Waals surface area contributed by atoms with Gasteiger partial charge in [0.15, 0.2) is 0 Å². The summed E-state index contributed by atoms with van der Waals surface area (Å²) in [6.45, 7) is 6.54. The van der Waals surface area contributed by atoms with Crippen molar-refractivity contribution in [3.05, 3.63) is 33.6 Å². The van der Waals surface area contributed by atoms with Gasteiger partial charge in [0.05, 0.1) is 5.02 Å². The first-order chi connectivity index (χ1) is 9.34. The molecule has 1 rings (SSSR count). The lowest BCUT2D eigenvalue weighted by atomic mass is 10.1. The van der Waals surface area contributed by atoms with Crippen molar-refractivity contribution < 1.29 is 9.18 Å². The van der Waals surface area contributed by atoms with Crippen LogP contribution in [0.3, 0.4) is 0 Å². The van der Waals surface area contributed by atoms with Crippen LogP contribution in [0.1, 0.15) is 32.4 Å². The standard InChI is InChI=1S/C14H19Cl2FN2O/c1-8(2)14(20)19-7-6-18-9(3)12-10(15)4-5-11(17)13(12)16/h4-5,8-9,18H,6-7H2,1-3H3,(H,19,20). The Morgan fingerprint density at radius 1 is 1.25 bits per heavy atom. The zero-order valence-electron chi connectivity index (χ0n) is 11.8. The lowest BCUT2D eigenvalue weighted by Crippen LogP contribution is -2.35. The van der Waals surface area contributed by atoms with E-state index in [0.29, 0.717) is 23.7 Å². The number of amides is 1. The monoisotopic (exact) mass is 320 g/mol. The maximum atomic E-state index is 13.4. The Bertz CT molecular complexity index is 480. The highest BCUT2D eigenvalue weighted by Crippen LogP contribution is 2.32. The quantitative estimate of drug-likeness (QED) is 0.621. The average molecular weight is 321 g/mol. The van der Waals surface area contributed by atoms with Gasteiger partial charge in [0.25, 0.3) is 0 Å². The van der Waals surface area contributed by atoms with Gasteiger partial charge < -0.3 is 10.6 Å². The van der Waals surface area contributed by atoms with Gasteiger partial charge in [-0.15, -0.1) is 0 Å². The zero-order valence-corrected chi connectivity index (χ0v) is 13.3. The van der Waals surface area contributed by atoms with Crippen LogP contribution in [0.5, 0.6) is 0 Å². The van der Waals surface area contributed by atoms with Gasteiger partial charge in [-0.2, -0.15) is 0 Å². The van der Waals surface area contributed by atoms with Crippen molar-refractivity contribution in [1.82, 2.24) is 10.6 Å². The molecule has 0 aliphatic heterocycles. The van der Waals surface area contributed by atoms with E-state index < -0.39 is 5.82 Å². The predicted molar refractivity (Wildman–Crippen MR) is 80.7 cm³/mol. The topological polar surface area (TPSA) is 41.1 Å². The van der Waals surface area contributed by atoms with Crippen molar-refractivity contribution in [2.45, 2.75) is 26.8 Å². The second-order valence-corrected chi connectivity index (χ2v) is 5.66. The Hall–Kier alpha value is -0.840. The van der Waals surface area contributed by atoms with E-state index in [1.807, 2.05) is 20.8 Å². The molecule has 0 aliphatic carbocycles. The normalized spacial score (nSPS) is 12.6. The Kier molecular flexibility index (Phi) is 6.72. The molecule has 1 amide bonds. The van der Waals surface area contributed by atoms with Crippen LogP contribution in [-0.4, -0.2) is 19.0 Å². The Morgan fingerprint density at radius 3 is 2.50 bits per heavy atom. The van der Waals surface area contributed by atoms with Crippen molar-refractivity contribution in [1.29, 1.82) is 0 Å². The second-order valence-electron chi connectivity index (χ2n) is 4.88. The fourth-order valence-electron chi connectivity index (χ4n) is 1.72. The zero-order chi connectivity index (χ0) is 15.3. The highest BCUT2D eigenvalue weighted by molar-refractivity contribution is 6.36. The lowest BCUT2D eigenvalue weighted by molar-refractivity contribution is -0.123. The summed E-state index contributed by atoms with van der Waals surface area (Å²) in [6, 6.07) is 2.52. The molecule has 112 valence electrons. The molecule has 0 saturated carbocycles. The number of rotatable bonds is 6.